The lowest BCUT2D eigenvalue weighted by Gasteiger charge is -2.43. The zero-order valence-electron chi connectivity index (χ0n) is 20.0. The molecule has 0 fully saturated rings. The molecule has 0 saturated carbocycles. The van der Waals surface area contributed by atoms with Gasteiger partial charge < -0.3 is 24.1 Å². The third kappa shape index (κ3) is 4.52. The van der Waals surface area contributed by atoms with E-state index in [0.29, 0.717) is 64.1 Å². The first kappa shape index (κ1) is 24.5. The zero-order chi connectivity index (χ0) is 25.0. The van der Waals surface area contributed by atoms with Gasteiger partial charge in [0.2, 0.25) is 0 Å². The van der Waals surface area contributed by atoms with Crippen LogP contribution in [-0.4, -0.2) is 31.3 Å². The highest BCUT2D eigenvalue weighted by molar-refractivity contribution is 9.10. The lowest BCUT2D eigenvalue weighted by molar-refractivity contribution is -0.307. The van der Waals surface area contributed by atoms with Crippen molar-refractivity contribution in [1.82, 2.24) is 0 Å². The van der Waals surface area contributed by atoms with Crippen molar-refractivity contribution in [2.24, 2.45) is 10.8 Å². The number of carbonyl (C=O) groups excluding carboxylic acids is 3. The van der Waals surface area contributed by atoms with E-state index in [1.165, 1.54) is 7.11 Å². The number of Topliss-reactive ketones (excluding diaryl/α,β-unsaturated/α-hetero) is 2. The van der Waals surface area contributed by atoms with Gasteiger partial charge in [-0.15, -0.1) is 0 Å². The number of hydrogen-bond acceptors (Lipinski definition) is 7. The number of ether oxygens (including phenoxy) is 3. The highest BCUT2D eigenvalue weighted by Crippen LogP contribution is 2.54. The second kappa shape index (κ2) is 8.56. The van der Waals surface area contributed by atoms with Crippen LogP contribution in [0.4, 0.5) is 0 Å². The predicted molar refractivity (Wildman–Crippen MR) is 125 cm³/mol. The average Bonchev–Trinajstić information content (AvgIpc) is 2.68. The molecule has 8 heteroatoms. The van der Waals surface area contributed by atoms with Crippen molar-refractivity contribution in [2.75, 3.05) is 13.7 Å². The first-order valence-electron chi connectivity index (χ1n) is 11.2. The van der Waals surface area contributed by atoms with Gasteiger partial charge in [-0.3, -0.25) is 9.59 Å². The van der Waals surface area contributed by atoms with E-state index in [2.05, 4.69) is 15.9 Å². The van der Waals surface area contributed by atoms with E-state index in [0.717, 1.165) is 0 Å². The van der Waals surface area contributed by atoms with E-state index in [1.54, 1.807) is 12.1 Å². The minimum absolute atomic E-state index is 0.0384. The predicted octanol–water partition coefficient (Wildman–Crippen LogP) is 3.99. The van der Waals surface area contributed by atoms with Gasteiger partial charge in [0.15, 0.2) is 23.1 Å². The lowest BCUT2D eigenvalue weighted by Crippen LogP contribution is -2.37. The maximum absolute atomic E-state index is 13.4. The highest BCUT2D eigenvalue weighted by Gasteiger charge is 2.48. The Morgan fingerprint density at radius 3 is 2.00 bits per heavy atom. The van der Waals surface area contributed by atoms with E-state index in [4.69, 9.17) is 14.2 Å². The Morgan fingerprint density at radius 1 is 1.00 bits per heavy atom. The number of benzene rings is 1. The summed E-state index contributed by atoms with van der Waals surface area (Å²) in [5.74, 6) is -0.289. The van der Waals surface area contributed by atoms with Gasteiger partial charge >= 0.3 is 0 Å². The largest absolute Gasteiger partial charge is 0.546 e. The molecule has 0 spiro atoms. The molecule has 3 aliphatic rings. The van der Waals surface area contributed by atoms with Crippen molar-refractivity contribution in [1.29, 1.82) is 0 Å². The van der Waals surface area contributed by atoms with E-state index in [1.807, 2.05) is 27.7 Å². The molecule has 1 heterocycles. The third-order valence-corrected chi connectivity index (χ3v) is 7.21. The molecular formula is C26H28BrO7-. The van der Waals surface area contributed by atoms with E-state index in [9.17, 15) is 19.5 Å². The Balaban J connectivity index is 1.90. The number of allylic oxidation sites excluding steroid dienone is 4. The van der Waals surface area contributed by atoms with Crippen LogP contribution < -0.4 is 14.6 Å². The monoisotopic (exact) mass is 531 g/mol. The fourth-order valence-corrected chi connectivity index (χ4v) is 5.72. The molecule has 34 heavy (non-hydrogen) atoms. The number of aliphatic carboxylic acids is 1. The topological polar surface area (TPSA) is 102 Å². The fraction of sp³-hybridized carbons (Fsp3) is 0.500. The van der Waals surface area contributed by atoms with Gasteiger partial charge in [-0.1, -0.05) is 43.6 Å². The first-order chi connectivity index (χ1) is 15.8. The van der Waals surface area contributed by atoms with E-state index in [-0.39, 0.29) is 28.1 Å². The van der Waals surface area contributed by atoms with Gasteiger partial charge in [0.25, 0.3) is 0 Å². The van der Waals surface area contributed by atoms with Crippen LogP contribution in [0.25, 0.3) is 0 Å². The van der Waals surface area contributed by atoms with Crippen LogP contribution >= 0.6 is 15.9 Å². The van der Waals surface area contributed by atoms with Crippen molar-refractivity contribution in [2.45, 2.75) is 59.3 Å². The summed E-state index contributed by atoms with van der Waals surface area (Å²) in [6.07, 6.45) is 1.90. The van der Waals surface area contributed by atoms with Gasteiger partial charge in [-0.2, -0.15) is 0 Å². The van der Waals surface area contributed by atoms with Crippen molar-refractivity contribution < 1.29 is 33.7 Å². The molecule has 0 aromatic heterocycles. The van der Waals surface area contributed by atoms with Crippen molar-refractivity contribution in [3.63, 3.8) is 0 Å². The molecule has 0 radical (unpaired) electrons. The summed E-state index contributed by atoms with van der Waals surface area (Å²) in [6, 6.07) is 3.29. The summed E-state index contributed by atoms with van der Waals surface area (Å²) >= 11 is 3.56. The average molecular weight is 532 g/mol. The summed E-state index contributed by atoms with van der Waals surface area (Å²) in [7, 11) is 1.45. The molecule has 0 N–H and O–H groups in total. The highest BCUT2D eigenvalue weighted by atomic mass is 79.9. The molecule has 182 valence electrons. The number of rotatable bonds is 5. The summed E-state index contributed by atoms with van der Waals surface area (Å²) in [4.78, 5) is 37.7. The molecule has 4 rings (SSSR count). The summed E-state index contributed by atoms with van der Waals surface area (Å²) in [5, 5.41) is 10.9. The van der Waals surface area contributed by atoms with Crippen molar-refractivity contribution >= 4 is 33.5 Å². The van der Waals surface area contributed by atoms with Gasteiger partial charge in [0.05, 0.1) is 13.1 Å². The number of hydrogen-bond donors (Lipinski definition) is 0. The number of halogens is 1. The maximum atomic E-state index is 13.4. The second-order valence-electron chi connectivity index (χ2n) is 10.8. The van der Waals surface area contributed by atoms with Crippen LogP contribution in [0.5, 0.6) is 11.5 Å². The number of methoxy groups -OCH3 is 1. The Hall–Kier alpha value is -2.61. The smallest absolute Gasteiger partial charge is 0.163 e. The SMILES string of the molecule is COc1cc(C2C3=C(CC(C)(C)CC3=O)OC3=C2C(=O)CC(C)(C)C3)c(Br)cc1OCC(=O)[O-]. The molecule has 0 atom stereocenters. The van der Waals surface area contributed by atoms with Crippen LogP contribution in [0.1, 0.15) is 64.9 Å². The summed E-state index contributed by atoms with van der Waals surface area (Å²) in [6.45, 7) is 7.51. The van der Waals surface area contributed by atoms with Crippen LogP contribution in [0.3, 0.4) is 0 Å². The maximum Gasteiger partial charge on any atom is 0.163 e. The Labute approximate surface area is 207 Å². The normalized spacial score (nSPS) is 21.6. The quantitative estimate of drug-likeness (QED) is 0.565. The molecular weight excluding hydrogens is 504 g/mol. The molecule has 2 aliphatic carbocycles. The summed E-state index contributed by atoms with van der Waals surface area (Å²) < 4.78 is 17.7. The molecule has 0 unspecified atom stereocenters. The van der Waals surface area contributed by atoms with Crippen LogP contribution in [0.2, 0.25) is 0 Å². The van der Waals surface area contributed by atoms with Gasteiger partial charge in [-0.05, 0) is 28.5 Å². The fourth-order valence-electron chi connectivity index (χ4n) is 5.17. The number of ketones is 2. The summed E-state index contributed by atoms with van der Waals surface area (Å²) in [5.41, 5.74) is 1.20. The van der Waals surface area contributed by atoms with E-state index >= 15 is 0 Å². The second-order valence-corrected chi connectivity index (χ2v) is 11.6. The Kier molecular flexibility index (Phi) is 6.17. The van der Waals surface area contributed by atoms with Gasteiger partial charge in [-0.25, -0.2) is 0 Å². The Bertz CT molecular complexity index is 1100. The molecule has 0 amide bonds. The van der Waals surface area contributed by atoms with E-state index < -0.39 is 18.5 Å². The lowest BCUT2D eigenvalue weighted by atomic mass is 9.65. The third-order valence-electron chi connectivity index (χ3n) is 6.52. The van der Waals surface area contributed by atoms with Crippen molar-refractivity contribution in [3.05, 3.63) is 44.8 Å². The number of carbonyl (C=O) groups is 3. The number of carboxylic acids is 1. The minimum Gasteiger partial charge on any atom is -0.546 e. The molecule has 1 aromatic rings. The minimum atomic E-state index is -1.36. The van der Waals surface area contributed by atoms with Gasteiger partial charge in [0, 0.05) is 47.2 Å². The standard InChI is InChI=1S/C26H29BrO7/c1-25(2)8-15(28)23-19(10-25)34-20-11-26(3,4)9-16(29)24(20)22(23)13-6-17(32-5)18(7-14(13)27)33-12-21(30)31/h6-7,22H,8-12H2,1-5H3,(H,30,31)/p-1. The van der Waals surface area contributed by atoms with Crippen molar-refractivity contribution in [3.8, 4) is 11.5 Å². The molecule has 0 bridgehead atoms. The van der Waals surface area contributed by atoms with Gasteiger partial charge in [0.1, 0.15) is 18.1 Å². The van der Waals surface area contributed by atoms with Crippen LogP contribution in [0.15, 0.2) is 39.3 Å². The first-order valence-corrected chi connectivity index (χ1v) is 12.0. The Morgan fingerprint density at radius 2 is 1.53 bits per heavy atom. The number of carboxylic acid groups (broad SMARTS) is 1. The molecule has 1 aromatic carbocycles. The van der Waals surface area contributed by atoms with Crippen LogP contribution in [-0.2, 0) is 19.1 Å². The van der Waals surface area contributed by atoms with Crippen LogP contribution in [0, 0.1) is 10.8 Å². The zero-order valence-corrected chi connectivity index (χ0v) is 21.6. The molecule has 7 nitrogen and oxygen atoms in total. The molecule has 1 aliphatic heterocycles. The molecule has 0 saturated heterocycles.